The Balaban J connectivity index is 2.89. The van der Waals surface area contributed by atoms with Gasteiger partial charge in [-0.25, -0.2) is 0 Å². The second-order valence-corrected chi connectivity index (χ2v) is 5.24. The lowest BCUT2D eigenvalue weighted by atomic mass is 10.1. The average Bonchev–Trinajstić information content (AvgIpc) is 2.38. The van der Waals surface area contributed by atoms with E-state index >= 15 is 0 Å². The van der Waals surface area contributed by atoms with Crippen LogP contribution in [0.15, 0.2) is 22.7 Å². The second-order valence-electron chi connectivity index (χ2n) is 4.38. The van der Waals surface area contributed by atoms with Crippen molar-refractivity contribution in [3.8, 4) is 6.07 Å². The smallest absolute Gasteiger partial charge is 0.0640 e. The molecule has 0 fully saturated rings. The molecule has 0 spiro atoms. The Labute approximate surface area is 123 Å². The molecule has 4 nitrogen and oxygen atoms in total. The number of anilines is 1. The van der Waals surface area contributed by atoms with Gasteiger partial charge in [0.05, 0.1) is 19.1 Å². The fourth-order valence-electron chi connectivity index (χ4n) is 1.84. The largest absolute Gasteiger partial charge is 0.383 e. The number of nitrogens with two attached hydrogens (primary N) is 1. The highest BCUT2D eigenvalue weighted by atomic mass is 79.9. The fourth-order valence-corrected chi connectivity index (χ4v) is 2.57. The van der Waals surface area contributed by atoms with Gasteiger partial charge in [-0.15, -0.1) is 0 Å². The van der Waals surface area contributed by atoms with E-state index in [0.717, 1.165) is 22.3 Å². The predicted octanol–water partition coefficient (Wildman–Crippen LogP) is 2.84. The van der Waals surface area contributed by atoms with Crippen LogP contribution in [0.3, 0.4) is 0 Å². The molecule has 1 atom stereocenters. The average molecular weight is 326 g/mol. The number of ether oxygens (including phenoxy) is 1. The van der Waals surface area contributed by atoms with Crippen LogP contribution in [0.2, 0.25) is 0 Å². The summed E-state index contributed by atoms with van der Waals surface area (Å²) in [5, 5.41) is 8.73. The number of halogens is 1. The van der Waals surface area contributed by atoms with E-state index in [0.29, 0.717) is 19.6 Å². The molecule has 0 aromatic heterocycles. The number of hydrogen-bond donors (Lipinski definition) is 1. The molecule has 5 heteroatoms. The highest BCUT2D eigenvalue weighted by molar-refractivity contribution is 9.10. The quantitative estimate of drug-likeness (QED) is 0.837. The summed E-state index contributed by atoms with van der Waals surface area (Å²) in [5.74, 6) is 0. The van der Waals surface area contributed by atoms with Crippen LogP contribution in [0.25, 0.3) is 0 Å². The molecule has 0 radical (unpaired) electrons. The van der Waals surface area contributed by atoms with Gasteiger partial charge in [0.2, 0.25) is 0 Å². The number of nitriles is 1. The van der Waals surface area contributed by atoms with E-state index in [-0.39, 0.29) is 6.04 Å². The van der Waals surface area contributed by atoms with E-state index in [9.17, 15) is 0 Å². The fraction of sp³-hybridized carbons (Fsp3) is 0.500. The van der Waals surface area contributed by atoms with Crippen molar-refractivity contribution < 1.29 is 4.74 Å². The molecule has 0 aliphatic heterocycles. The number of methoxy groups -OCH3 is 1. The Morgan fingerprint density at radius 3 is 2.74 bits per heavy atom. The van der Waals surface area contributed by atoms with Crippen LogP contribution in [-0.4, -0.2) is 26.8 Å². The maximum Gasteiger partial charge on any atom is 0.0640 e. The molecule has 1 rings (SSSR count). The topological polar surface area (TPSA) is 62.3 Å². The van der Waals surface area contributed by atoms with Crippen LogP contribution in [0.4, 0.5) is 5.69 Å². The monoisotopic (exact) mass is 325 g/mol. The molecule has 0 aliphatic carbocycles. The lowest BCUT2D eigenvalue weighted by molar-refractivity contribution is 0.205. The number of nitrogens with zero attached hydrogens (tertiary/aromatic N) is 2. The first-order chi connectivity index (χ1) is 9.10. The van der Waals surface area contributed by atoms with Gasteiger partial charge in [-0.1, -0.05) is 22.0 Å². The number of hydrogen-bond acceptors (Lipinski definition) is 4. The van der Waals surface area contributed by atoms with Gasteiger partial charge in [-0.2, -0.15) is 5.26 Å². The third-order valence-corrected chi connectivity index (χ3v) is 3.59. The van der Waals surface area contributed by atoms with E-state index in [4.69, 9.17) is 15.7 Å². The minimum atomic E-state index is -0.00467. The lowest BCUT2D eigenvalue weighted by Crippen LogP contribution is -2.28. The zero-order chi connectivity index (χ0) is 14.3. The van der Waals surface area contributed by atoms with Crippen molar-refractivity contribution in [3.63, 3.8) is 0 Å². The lowest BCUT2D eigenvalue weighted by Gasteiger charge is -2.24. The van der Waals surface area contributed by atoms with Crippen LogP contribution >= 0.6 is 15.9 Å². The molecule has 104 valence electrons. The summed E-state index contributed by atoms with van der Waals surface area (Å²) < 4.78 is 6.11. The Hall–Kier alpha value is -1.09. The van der Waals surface area contributed by atoms with Crippen LogP contribution in [-0.2, 0) is 4.74 Å². The third kappa shape index (κ3) is 4.83. The first kappa shape index (κ1) is 16.0. The van der Waals surface area contributed by atoms with E-state index in [2.05, 4.69) is 26.9 Å². The SMILES string of the molecule is COCCN(CCC#N)c1ccc([C@@H](C)N)c(Br)c1. The van der Waals surface area contributed by atoms with Gasteiger partial charge in [0.25, 0.3) is 0 Å². The second kappa shape index (κ2) is 8.16. The van der Waals surface area contributed by atoms with Crippen LogP contribution in [0, 0.1) is 11.3 Å². The molecular formula is C14H20BrN3O. The summed E-state index contributed by atoms with van der Waals surface area (Å²) in [6.07, 6.45) is 0.496. The van der Waals surface area contributed by atoms with Crippen molar-refractivity contribution in [1.82, 2.24) is 0 Å². The van der Waals surface area contributed by atoms with Gasteiger partial charge in [0.15, 0.2) is 0 Å². The van der Waals surface area contributed by atoms with Crippen molar-refractivity contribution in [2.45, 2.75) is 19.4 Å². The Bertz CT molecular complexity index is 443. The molecule has 0 saturated heterocycles. The van der Waals surface area contributed by atoms with Crippen molar-refractivity contribution in [2.24, 2.45) is 5.73 Å². The summed E-state index contributed by atoms with van der Waals surface area (Å²) in [6, 6.07) is 8.28. The van der Waals surface area contributed by atoms with Crippen LogP contribution in [0.1, 0.15) is 24.9 Å². The number of rotatable bonds is 7. The highest BCUT2D eigenvalue weighted by Crippen LogP contribution is 2.27. The summed E-state index contributed by atoms with van der Waals surface area (Å²) in [6.45, 7) is 4.06. The Morgan fingerprint density at radius 2 is 2.21 bits per heavy atom. The zero-order valence-corrected chi connectivity index (χ0v) is 13.0. The summed E-state index contributed by atoms with van der Waals surface area (Å²) in [7, 11) is 1.68. The normalized spacial score (nSPS) is 11.9. The van der Waals surface area contributed by atoms with E-state index in [1.807, 2.05) is 25.1 Å². The molecule has 0 heterocycles. The molecule has 0 aliphatic rings. The number of benzene rings is 1. The maximum absolute atomic E-state index is 8.73. The molecule has 0 saturated carbocycles. The minimum absolute atomic E-state index is 0.00467. The van der Waals surface area contributed by atoms with E-state index in [1.54, 1.807) is 7.11 Å². The van der Waals surface area contributed by atoms with Crippen molar-refractivity contribution in [2.75, 3.05) is 31.7 Å². The van der Waals surface area contributed by atoms with E-state index in [1.165, 1.54) is 0 Å². The van der Waals surface area contributed by atoms with Gasteiger partial charge in [-0.05, 0) is 24.6 Å². The van der Waals surface area contributed by atoms with Gasteiger partial charge < -0.3 is 15.4 Å². The minimum Gasteiger partial charge on any atom is -0.383 e. The maximum atomic E-state index is 8.73. The van der Waals surface area contributed by atoms with Gasteiger partial charge in [0.1, 0.15) is 0 Å². The highest BCUT2D eigenvalue weighted by Gasteiger charge is 2.10. The molecule has 19 heavy (non-hydrogen) atoms. The van der Waals surface area contributed by atoms with E-state index < -0.39 is 0 Å². The van der Waals surface area contributed by atoms with Gasteiger partial charge in [-0.3, -0.25) is 0 Å². The summed E-state index contributed by atoms with van der Waals surface area (Å²) in [5.41, 5.74) is 8.05. The molecule has 0 bridgehead atoms. The standard InChI is InChI=1S/C14H20BrN3O/c1-11(17)13-5-4-12(10-14(13)15)18(7-3-6-16)8-9-19-2/h4-5,10-11H,3,7-9,17H2,1-2H3/t11-/m1/s1. The first-order valence-electron chi connectivity index (χ1n) is 6.26. The third-order valence-electron chi connectivity index (χ3n) is 2.90. The predicted molar refractivity (Wildman–Crippen MR) is 81.1 cm³/mol. The molecule has 2 N–H and O–H groups in total. The van der Waals surface area contributed by atoms with Crippen molar-refractivity contribution in [3.05, 3.63) is 28.2 Å². The van der Waals surface area contributed by atoms with Crippen LogP contribution < -0.4 is 10.6 Å². The van der Waals surface area contributed by atoms with Crippen LogP contribution in [0.5, 0.6) is 0 Å². The Morgan fingerprint density at radius 1 is 1.47 bits per heavy atom. The Kier molecular flexibility index (Phi) is 6.85. The van der Waals surface area contributed by atoms with Crippen molar-refractivity contribution >= 4 is 21.6 Å². The zero-order valence-electron chi connectivity index (χ0n) is 11.4. The molecule has 0 amide bonds. The summed E-state index contributed by atoms with van der Waals surface area (Å²) >= 11 is 3.55. The molecule has 1 aromatic carbocycles. The first-order valence-corrected chi connectivity index (χ1v) is 7.05. The van der Waals surface area contributed by atoms with Gasteiger partial charge >= 0.3 is 0 Å². The molecule has 1 aromatic rings. The van der Waals surface area contributed by atoms with Crippen molar-refractivity contribution in [1.29, 1.82) is 5.26 Å². The molecule has 0 unspecified atom stereocenters. The summed E-state index contributed by atoms with van der Waals surface area (Å²) in [4.78, 5) is 2.14. The molecular weight excluding hydrogens is 306 g/mol. The van der Waals surface area contributed by atoms with Gasteiger partial charge in [0, 0.05) is 36.4 Å².